The zero-order chi connectivity index (χ0) is 22.1. The highest BCUT2D eigenvalue weighted by Crippen LogP contribution is 2.29. The van der Waals surface area contributed by atoms with E-state index in [4.69, 9.17) is 4.74 Å². The quantitative estimate of drug-likeness (QED) is 0.740. The van der Waals surface area contributed by atoms with Crippen molar-refractivity contribution in [1.29, 1.82) is 0 Å². The van der Waals surface area contributed by atoms with Crippen molar-refractivity contribution in [1.82, 2.24) is 20.2 Å². The Morgan fingerprint density at radius 2 is 2.00 bits per heavy atom. The third kappa shape index (κ3) is 5.14. The van der Waals surface area contributed by atoms with Crippen molar-refractivity contribution in [2.75, 3.05) is 5.75 Å². The predicted molar refractivity (Wildman–Crippen MR) is 111 cm³/mol. The van der Waals surface area contributed by atoms with E-state index < -0.39 is 21.5 Å². The Balaban J connectivity index is 1.56. The van der Waals surface area contributed by atoms with Gasteiger partial charge in [-0.25, -0.2) is 18.2 Å². The summed E-state index contributed by atoms with van der Waals surface area (Å²) in [5, 5.41) is 3.05. The van der Waals surface area contributed by atoms with Crippen LogP contribution in [0.2, 0.25) is 0 Å². The van der Waals surface area contributed by atoms with Crippen LogP contribution >= 0.6 is 11.3 Å². The molecule has 0 aromatic carbocycles. The molecule has 1 aliphatic rings. The van der Waals surface area contributed by atoms with E-state index in [0.717, 1.165) is 4.88 Å². The summed E-state index contributed by atoms with van der Waals surface area (Å²) < 4.78 is 29.0. The van der Waals surface area contributed by atoms with Crippen LogP contribution in [0.15, 0.2) is 23.2 Å². The van der Waals surface area contributed by atoms with Crippen molar-refractivity contribution < 1.29 is 22.7 Å². The van der Waals surface area contributed by atoms with E-state index in [9.17, 15) is 18.0 Å². The van der Waals surface area contributed by atoms with E-state index in [1.54, 1.807) is 17.9 Å². The first-order valence-electron chi connectivity index (χ1n) is 9.41. The number of pyridine rings is 1. The fraction of sp³-hybridized carbons (Fsp3) is 0.474. The van der Waals surface area contributed by atoms with Gasteiger partial charge in [-0.2, -0.15) is 0 Å². The SMILES string of the molecule is CCS(=O)(=O)c1ccc(CNC(=O)c2nc3c(s2)CN(C(=O)OC(C)(C)C)C3)nc1. The first-order valence-corrected chi connectivity index (χ1v) is 11.9. The van der Waals surface area contributed by atoms with Crippen molar-refractivity contribution in [2.45, 2.75) is 57.8 Å². The number of ether oxygens (including phenoxy) is 1. The van der Waals surface area contributed by atoms with Gasteiger partial charge in [-0.1, -0.05) is 6.92 Å². The highest BCUT2D eigenvalue weighted by Gasteiger charge is 2.31. The smallest absolute Gasteiger partial charge is 0.410 e. The number of carbonyl (C=O) groups excluding carboxylic acids is 2. The maximum Gasteiger partial charge on any atom is 0.410 e. The maximum absolute atomic E-state index is 12.4. The normalized spacial score (nSPS) is 13.8. The lowest BCUT2D eigenvalue weighted by Crippen LogP contribution is -2.33. The number of amides is 2. The number of nitrogens with zero attached hydrogens (tertiary/aromatic N) is 3. The standard InChI is InChI=1S/C19H24N4O5S2/c1-5-30(26,27)13-7-6-12(20-9-13)8-21-16(24)17-22-14-10-23(11-15(14)29-17)18(25)28-19(2,3)4/h6-7,9H,5,8,10-11H2,1-4H3,(H,21,24). The second kappa shape index (κ2) is 8.31. The topological polar surface area (TPSA) is 119 Å². The second-order valence-electron chi connectivity index (χ2n) is 7.80. The van der Waals surface area contributed by atoms with Gasteiger partial charge < -0.3 is 10.1 Å². The summed E-state index contributed by atoms with van der Waals surface area (Å²) in [5.41, 5.74) is 0.667. The highest BCUT2D eigenvalue weighted by molar-refractivity contribution is 7.91. The number of hydrogen-bond acceptors (Lipinski definition) is 8. The number of hydrogen-bond donors (Lipinski definition) is 1. The van der Waals surface area contributed by atoms with Crippen molar-refractivity contribution in [3.05, 3.63) is 39.6 Å². The Labute approximate surface area is 179 Å². The minimum atomic E-state index is -3.30. The van der Waals surface area contributed by atoms with Crippen LogP contribution in [-0.2, 0) is 34.2 Å². The van der Waals surface area contributed by atoms with Crippen molar-refractivity contribution in [2.24, 2.45) is 0 Å². The van der Waals surface area contributed by atoms with Crippen LogP contribution < -0.4 is 5.32 Å². The molecule has 3 rings (SSSR count). The number of fused-ring (bicyclic) bond motifs is 1. The number of nitrogens with one attached hydrogen (secondary N) is 1. The fourth-order valence-electron chi connectivity index (χ4n) is 2.71. The lowest BCUT2D eigenvalue weighted by atomic mass is 10.2. The maximum atomic E-state index is 12.4. The summed E-state index contributed by atoms with van der Waals surface area (Å²) in [6.07, 6.45) is 0.891. The molecule has 2 amide bonds. The van der Waals surface area contributed by atoms with Crippen LogP contribution in [0.4, 0.5) is 4.79 Å². The van der Waals surface area contributed by atoms with Gasteiger partial charge in [0, 0.05) is 11.1 Å². The summed E-state index contributed by atoms with van der Waals surface area (Å²) in [5.74, 6) is -0.338. The van der Waals surface area contributed by atoms with Crippen LogP contribution in [0.3, 0.4) is 0 Å². The molecule has 2 aromatic rings. The molecule has 1 aliphatic heterocycles. The van der Waals surface area contributed by atoms with Gasteiger partial charge in [0.25, 0.3) is 5.91 Å². The third-order valence-corrected chi connectivity index (χ3v) is 7.07. The zero-order valence-electron chi connectivity index (χ0n) is 17.3. The summed E-state index contributed by atoms with van der Waals surface area (Å²) >= 11 is 1.24. The summed E-state index contributed by atoms with van der Waals surface area (Å²) in [6.45, 7) is 7.82. The molecule has 0 saturated carbocycles. The van der Waals surface area contributed by atoms with E-state index in [1.165, 1.54) is 23.6 Å². The molecule has 0 aliphatic carbocycles. The molecule has 1 N–H and O–H groups in total. The van der Waals surface area contributed by atoms with Crippen LogP contribution in [-0.4, -0.2) is 46.6 Å². The minimum absolute atomic E-state index is 0.00479. The van der Waals surface area contributed by atoms with Gasteiger partial charge in [-0.15, -0.1) is 11.3 Å². The molecule has 2 aromatic heterocycles. The first kappa shape index (κ1) is 22.2. The first-order chi connectivity index (χ1) is 14.0. The molecule has 9 nitrogen and oxygen atoms in total. The van der Waals surface area contributed by atoms with Gasteiger partial charge in [0.05, 0.1) is 41.7 Å². The van der Waals surface area contributed by atoms with E-state index in [1.807, 2.05) is 20.8 Å². The largest absolute Gasteiger partial charge is 0.444 e. The van der Waals surface area contributed by atoms with E-state index in [-0.39, 0.29) is 23.1 Å². The van der Waals surface area contributed by atoms with Crippen molar-refractivity contribution in [3.8, 4) is 0 Å². The molecule has 11 heteroatoms. The Kier molecular flexibility index (Phi) is 6.14. The Hall–Kier alpha value is -2.53. The highest BCUT2D eigenvalue weighted by atomic mass is 32.2. The van der Waals surface area contributed by atoms with Crippen molar-refractivity contribution in [3.63, 3.8) is 0 Å². The predicted octanol–water partition coefficient (Wildman–Crippen LogP) is 2.51. The average Bonchev–Trinajstić information content (AvgIpc) is 3.24. The van der Waals surface area contributed by atoms with Gasteiger partial charge in [0.2, 0.25) is 0 Å². The molecule has 0 spiro atoms. The summed E-state index contributed by atoms with van der Waals surface area (Å²) in [7, 11) is -3.30. The Bertz CT molecular complexity index is 1030. The van der Waals surface area contributed by atoms with Gasteiger partial charge in [0.1, 0.15) is 5.60 Å². The number of sulfone groups is 1. The Morgan fingerprint density at radius 1 is 1.27 bits per heavy atom. The van der Waals surface area contributed by atoms with Gasteiger partial charge in [-0.3, -0.25) is 14.7 Å². The number of rotatable bonds is 5. The van der Waals surface area contributed by atoms with E-state index in [0.29, 0.717) is 29.5 Å². The summed E-state index contributed by atoms with van der Waals surface area (Å²) in [4.78, 5) is 35.6. The molecular formula is C19H24N4O5S2. The molecule has 0 radical (unpaired) electrons. The van der Waals surface area contributed by atoms with Gasteiger partial charge in [0.15, 0.2) is 14.8 Å². The molecule has 0 saturated heterocycles. The fourth-order valence-corrected chi connectivity index (χ4v) is 4.53. The molecule has 0 atom stereocenters. The molecule has 0 unspecified atom stereocenters. The number of aromatic nitrogens is 2. The number of carbonyl (C=O) groups is 2. The molecule has 162 valence electrons. The van der Waals surface area contributed by atoms with E-state index >= 15 is 0 Å². The minimum Gasteiger partial charge on any atom is -0.444 e. The molecular weight excluding hydrogens is 428 g/mol. The van der Waals surface area contributed by atoms with Crippen LogP contribution in [0.5, 0.6) is 0 Å². The molecule has 3 heterocycles. The lowest BCUT2D eigenvalue weighted by Gasteiger charge is -2.24. The van der Waals surface area contributed by atoms with Crippen LogP contribution in [0, 0.1) is 0 Å². The van der Waals surface area contributed by atoms with Crippen LogP contribution in [0.25, 0.3) is 0 Å². The Morgan fingerprint density at radius 3 is 2.57 bits per heavy atom. The lowest BCUT2D eigenvalue weighted by molar-refractivity contribution is 0.0241. The van der Waals surface area contributed by atoms with Gasteiger partial charge >= 0.3 is 6.09 Å². The van der Waals surface area contributed by atoms with Crippen LogP contribution in [0.1, 0.15) is 53.8 Å². The molecule has 0 fully saturated rings. The number of thiazole rings is 1. The molecule has 0 bridgehead atoms. The van der Waals surface area contributed by atoms with Crippen molar-refractivity contribution >= 4 is 33.2 Å². The van der Waals surface area contributed by atoms with Gasteiger partial charge in [-0.05, 0) is 32.9 Å². The second-order valence-corrected chi connectivity index (χ2v) is 11.2. The monoisotopic (exact) mass is 452 g/mol. The molecule has 30 heavy (non-hydrogen) atoms. The zero-order valence-corrected chi connectivity index (χ0v) is 18.9. The average molecular weight is 453 g/mol. The third-order valence-electron chi connectivity index (χ3n) is 4.27. The van der Waals surface area contributed by atoms with E-state index in [2.05, 4.69) is 15.3 Å². The summed E-state index contributed by atoms with van der Waals surface area (Å²) in [6, 6.07) is 3.06.